The lowest BCUT2D eigenvalue weighted by Gasteiger charge is -2.31. The highest BCUT2D eigenvalue weighted by Crippen LogP contribution is 2.26. The fourth-order valence-electron chi connectivity index (χ4n) is 3.43. The molecule has 1 aromatic heterocycles. The zero-order chi connectivity index (χ0) is 21.1. The Morgan fingerprint density at radius 3 is 2.57 bits per heavy atom. The minimum atomic E-state index is -0.805. The van der Waals surface area contributed by atoms with Crippen LogP contribution in [0.2, 0.25) is 5.02 Å². The van der Waals surface area contributed by atoms with Gasteiger partial charge in [0.25, 0.3) is 5.91 Å². The van der Waals surface area contributed by atoms with Crippen molar-refractivity contribution in [1.29, 1.82) is 0 Å². The van der Waals surface area contributed by atoms with E-state index in [2.05, 4.69) is 5.10 Å². The molecule has 8 heteroatoms. The molecule has 1 atom stereocenters. The summed E-state index contributed by atoms with van der Waals surface area (Å²) in [4.78, 5) is 26.4. The maximum absolute atomic E-state index is 13.3. The second-order valence-corrected chi connectivity index (χ2v) is 7.53. The molecule has 2 aromatic carbocycles. The number of ether oxygens (including phenoxy) is 1. The molecule has 2 N–H and O–H groups in total. The lowest BCUT2D eigenvalue weighted by atomic mass is 10.1. The van der Waals surface area contributed by atoms with Crippen LogP contribution in [0.1, 0.15) is 15.9 Å². The van der Waals surface area contributed by atoms with E-state index in [9.17, 15) is 9.59 Å². The molecule has 154 valence electrons. The summed E-state index contributed by atoms with van der Waals surface area (Å²) in [6.07, 6.45) is 0.939. The first kappa shape index (κ1) is 20.1. The van der Waals surface area contributed by atoms with Gasteiger partial charge in [0.05, 0.1) is 25.3 Å². The van der Waals surface area contributed by atoms with Crippen molar-refractivity contribution < 1.29 is 14.3 Å². The van der Waals surface area contributed by atoms with Gasteiger partial charge in [0, 0.05) is 23.3 Å². The van der Waals surface area contributed by atoms with Crippen LogP contribution in [0.4, 0.5) is 0 Å². The van der Waals surface area contributed by atoms with Crippen LogP contribution in [0, 0.1) is 0 Å². The van der Waals surface area contributed by atoms with Crippen molar-refractivity contribution in [2.24, 2.45) is 5.73 Å². The minimum Gasteiger partial charge on any atom is -0.367 e. The zero-order valence-corrected chi connectivity index (χ0v) is 17.0. The number of amides is 2. The fourth-order valence-corrected chi connectivity index (χ4v) is 3.55. The van der Waals surface area contributed by atoms with E-state index in [1.807, 2.05) is 42.5 Å². The molecule has 0 aliphatic carbocycles. The van der Waals surface area contributed by atoms with Gasteiger partial charge in [-0.1, -0.05) is 54.1 Å². The largest absolute Gasteiger partial charge is 0.367 e. The van der Waals surface area contributed by atoms with E-state index < -0.39 is 12.0 Å². The Kier molecular flexibility index (Phi) is 5.83. The van der Waals surface area contributed by atoms with Crippen molar-refractivity contribution in [1.82, 2.24) is 14.7 Å². The van der Waals surface area contributed by atoms with E-state index >= 15 is 0 Å². The summed E-state index contributed by atoms with van der Waals surface area (Å²) in [6, 6.07) is 17.1. The molecule has 1 unspecified atom stereocenters. The second kappa shape index (κ2) is 8.69. The normalized spacial score (nSPS) is 16.4. The van der Waals surface area contributed by atoms with Crippen molar-refractivity contribution in [3.05, 3.63) is 76.9 Å². The summed E-state index contributed by atoms with van der Waals surface area (Å²) in [6.45, 7) is 1.29. The molecule has 3 aromatic rings. The molecule has 1 aliphatic rings. The number of hydrogen-bond donors (Lipinski definition) is 1. The van der Waals surface area contributed by atoms with Gasteiger partial charge in [-0.15, -0.1) is 0 Å². The number of aromatic nitrogens is 2. The van der Waals surface area contributed by atoms with Gasteiger partial charge < -0.3 is 15.4 Å². The lowest BCUT2D eigenvalue weighted by Crippen LogP contribution is -2.50. The summed E-state index contributed by atoms with van der Waals surface area (Å²) >= 11 is 6.02. The van der Waals surface area contributed by atoms with Crippen LogP contribution in [0.15, 0.2) is 60.8 Å². The molecule has 30 heavy (non-hydrogen) atoms. The Morgan fingerprint density at radius 1 is 1.13 bits per heavy atom. The molecule has 1 fully saturated rings. The smallest absolute Gasteiger partial charge is 0.257 e. The predicted molar refractivity (Wildman–Crippen MR) is 113 cm³/mol. The molecule has 4 rings (SSSR count). The van der Waals surface area contributed by atoms with Gasteiger partial charge in [-0.3, -0.25) is 14.3 Å². The van der Waals surface area contributed by atoms with Crippen molar-refractivity contribution in [2.75, 3.05) is 19.7 Å². The number of halogens is 1. The first-order chi connectivity index (χ1) is 14.5. The Morgan fingerprint density at radius 2 is 1.87 bits per heavy atom. The van der Waals surface area contributed by atoms with Crippen LogP contribution in [-0.4, -0.2) is 52.3 Å². The number of benzene rings is 2. The monoisotopic (exact) mass is 424 g/mol. The number of rotatable bonds is 5. The van der Waals surface area contributed by atoms with Gasteiger partial charge in [0.2, 0.25) is 5.91 Å². The molecular formula is C22H21ClN4O3. The van der Waals surface area contributed by atoms with Gasteiger partial charge in [-0.25, -0.2) is 0 Å². The van der Waals surface area contributed by atoms with Crippen LogP contribution in [0.3, 0.4) is 0 Å². The van der Waals surface area contributed by atoms with Gasteiger partial charge in [0.15, 0.2) is 6.10 Å². The molecule has 2 amide bonds. The maximum atomic E-state index is 13.3. The first-order valence-electron chi connectivity index (χ1n) is 9.59. The number of carbonyl (C=O) groups is 2. The van der Waals surface area contributed by atoms with Crippen LogP contribution in [0.5, 0.6) is 0 Å². The third-order valence-corrected chi connectivity index (χ3v) is 5.22. The van der Waals surface area contributed by atoms with Crippen molar-refractivity contribution >= 4 is 23.4 Å². The van der Waals surface area contributed by atoms with Crippen LogP contribution in [-0.2, 0) is 16.1 Å². The molecule has 0 radical (unpaired) electrons. The summed E-state index contributed by atoms with van der Waals surface area (Å²) in [7, 11) is 0. The van der Waals surface area contributed by atoms with Crippen molar-refractivity contribution in [3.63, 3.8) is 0 Å². The average Bonchev–Trinajstić information content (AvgIpc) is 3.18. The van der Waals surface area contributed by atoms with Gasteiger partial charge in [-0.2, -0.15) is 5.10 Å². The highest BCUT2D eigenvalue weighted by Gasteiger charge is 2.30. The molecule has 0 saturated carbocycles. The first-order valence-corrected chi connectivity index (χ1v) is 9.96. The van der Waals surface area contributed by atoms with Crippen molar-refractivity contribution in [3.8, 4) is 11.3 Å². The zero-order valence-electron chi connectivity index (χ0n) is 16.2. The number of nitrogens with two attached hydrogens (primary N) is 1. The third-order valence-electron chi connectivity index (χ3n) is 4.97. The van der Waals surface area contributed by atoms with E-state index in [1.165, 1.54) is 0 Å². The molecule has 0 spiro atoms. The quantitative estimate of drug-likeness (QED) is 0.681. The number of hydrogen-bond acceptors (Lipinski definition) is 4. The van der Waals surface area contributed by atoms with E-state index in [0.29, 0.717) is 29.4 Å². The number of carbonyl (C=O) groups excluding carboxylic acids is 2. The molecule has 1 saturated heterocycles. The Hall–Kier alpha value is -3.16. The molecule has 7 nitrogen and oxygen atoms in total. The lowest BCUT2D eigenvalue weighted by molar-refractivity contribution is -0.133. The second-order valence-electron chi connectivity index (χ2n) is 7.09. The topological polar surface area (TPSA) is 90.5 Å². The number of nitrogens with zero attached hydrogens (tertiary/aromatic N) is 3. The van der Waals surface area contributed by atoms with Gasteiger partial charge >= 0.3 is 0 Å². The summed E-state index contributed by atoms with van der Waals surface area (Å²) < 4.78 is 7.11. The standard InChI is InChI=1S/C22H21ClN4O3/c23-17-8-6-16(7-9-17)20-18(13-27(25-20)12-15-4-2-1-3-5-15)22(29)26-10-11-30-19(14-26)21(24)28/h1-9,13,19H,10-12,14H2,(H2,24,28). The summed E-state index contributed by atoms with van der Waals surface area (Å²) in [5, 5.41) is 5.28. The maximum Gasteiger partial charge on any atom is 0.257 e. The van der Waals surface area contributed by atoms with E-state index in [-0.39, 0.29) is 19.1 Å². The summed E-state index contributed by atoms with van der Waals surface area (Å²) in [5.74, 6) is -0.793. The van der Waals surface area contributed by atoms with E-state index in [1.54, 1.807) is 27.9 Å². The average molecular weight is 425 g/mol. The molecule has 2 heterocycles. The van der Waals surface area contributed by atoms with E-state index in [0.717, 1.165) is 11.1 Å². The van der Waals surface area contributed by atoms with E-state index in [4.69, 9.17) is 22.1 Å². The molecule has 0 bridgehead atoms. The van der Waals surface area contributed by atoms with Gasteiger partial charge in [0.1, 0.15) is 5.69 Å². The predicted octanol–water partition coefficient (Wildman–Crippen LogP) is 2.58. The highest BCUT2D eigenvalue weighted by molar-refractivity contribution is 6.30. The third kappa shape index (κ3) is 4.37. The van der Waals surface area contributed by atoms with Crippen LogP contribution >= 0.6 is 11.6 Å². The van der Waals surface area contributed by atoms with Crippen LogP contribution < -0.4 is 5.73 Å². The molecule has 1 aliphatic heterocycles. The fraction of sp³-hybridized carbons (Fsp3) is 0.227. The Bertz CT molecular complexity index is 1050. The molecular weight excluding hydrogens is 404 g/mol. The SMILES string of the molecule is NC(=O)C1CN(C(=O)c2cn(Cc3ccccc3)nc2-c2ccc(Cl)cc2)CCO1. The number of primary amides is 1. The number of morpholine rings is 1. The Labute approximate surface area is 179 Å². The Balaban J connectivity index is 1.68. The highest BCUT2D eigenvalue weighted by atomic mass is 35.5. The van der Waals surface area contributed by atoms with Crippen molar-refractivity contribution in [2.45, 2.75) is 12.6 Å². The van der Waals surface area contributed by atoms with Gasteiger partial charge in [-0.05, 0) is 17.7 Å². The summed E-state index contributed by atoms with van der Waals surface area (Å²) in [5.41, 5.74) is 8.24. The minimum absolute atomic E-state index is 0.123. The van der Waals surface area contributed by atoms with Crippen LogP contribution in [0.25, 0.3) is 11.3 Å².